The smallest absolute Gasteiger partial charge is 0.221 e. The first kappa shape index (κ1) is 12.5. The maximum Gasteiger partial charge on any atom is 0.221 e. The first-order valence-corrected chi connectivity index (χ1v) is 6.05. The summed E-state index contributed by atoms with van der Waals surface area (Å²) in [5.41, 5.74) is 0. The van der Waals surface area contributed by atoms with Crippen LogP contribution < -0.4 is 10.6 Å². The van der Waals surface area contributed by atoms with Gasteiger partial charge in [0.25, 0.3) is 0 Å². The van der Waals surface area contributed by atoms with Crippen molar-refractivity contribution in [3.63, 3.8) is 0 Å². The third-order valence-corrected chi connectivity index (χ3v) is 3.15. The molecule has 0 bridgehead atoms. The Balaban J connectivity index is 2.27. The molecule has 0 saturated heterocycles. The maximum absolute atomic E-state index is 11.5. The van der Waals surface area contributed by atoms with Gasteiger partial charge in [-0.25, -0.2) is 0 Å². The minimum absolute atomic E-state index is 0.190. The number of amides is 1. The van der Waals surface area contributed by atoms with E-state index >= 15 is 0 Å². The van der Waals surface area contributed by atoms with E-state index in [2.05, 4.69) is 24.5 Å². The fourth-order valence-electron chi connectivity index (χ4n) is 2.60. The average Bonchev–Trinajstić information content (AvgIpc) is 2.13. The fourth-order valence-corrected chi connectivity index (χ4v) is 2.60. The molecule has 0 heterocycles. The molecule has 0 radical (unpaired) electrons. The van der Waals surface area contributed by atoms with Gasteiger partial charge in [-0.2, -0.15) is 0 Å². The van der Waals surface area contributed by atoms with Crippen molar-refractivity contribution >= 4 is 5.91 Å². The first-order valence-electron chi connectivity index (χ1n) is 6.05. The van der Waals surface area contributed by atoms with Gasteiger partial charge < -0.3 is 10.6 Å². The highest BCUT2D eigenvalue weighted by atomic mass is 16.1. The third-order valence-electron chi connectivity index (χ3n) is 3.15. The predicted octanol–water partition coefficient (Wildman–Crippen LogP) is 1.54. The van der Waals surface area contributed by atoms with Crippen LogP contribution in [-0.2, 0) is 4.79 Å². The average molecular weight is 212 g/mol. The Morgan fingerprint density at radius 1 is 1.20 bits per heavy atom. The molecule has 1 saturated carbocycles. The van der Waals surface area contributed by atoms with Crippen LogP contribution in [-0.4, -0.2) is 25.5 Å². The van der Waals surface area contributed by atoms with E-state index in [0.29, 0.717) is 12.5 Å². The topological polar surface area (TPSA) is 41.1 Å². The molecular weight excluding hydrogens is 188 g/mol. The van der Waals surface area contributed by atoms with Crippen LogP contribution in [0.1, 0.15) is 39.5 Å². The quantitative estimate of drug-likeness (QED) is 0.742. The summed E-state index contributed by atoms with van der Waals surface area (Å²) in [5, 5.41) is 6.13. The molecule has 1 rings (SSSR count). The molecule has 2 atom stereocenters. The zero-order valence-electron chi connectivity index (χ0n) is 10.2. The number of carbonyl (C=O) groups is 1. The molecule has 0 aromatic carbocycles. The molecule has 1 fully saturated rings. The lowest BCUT2D eigenvalue weighted by Crippen LogP contribution is -2.40. The Kier molecular flexibility index (Phi) is 5.09. The molecule has 0 spiro atoms. The molecular formula is C12H24N2O. The molecule has 0 aromatic rings. The molecule has 2 N–H and O–H groups in total. The summed E-state index contributed by atoms with van der Waals surface area (Å²) in [6.45, 7) is 5.33. The minimum Gasteiger partial charge on any atom is -0.353 e. The van der Waals surface area contributed by atoms with Crippen LogP contribution in [0, 0.1) is 11.8 Å². The second-order valence-corrected chi connectivity index (χ2v) is 5.04. The van der Waals surface area contributed by atoms with Crippen molar-refractivity contribution < 1.29 is 4.79 Å². The minimum atomic E-state index is 0.190. The molecule has 15 heavy (non-hydrogen) atoms. The van der Waals surface area contributed by atoms with Crippen LogP contribution in [0.3, 0.4) is 0 Å². The van der Waals surface area contributed by atoms with Gasteiger partial charge >= 0.3 is 0 Å². The number of carbonyl (C=O) groups excluding carboxylic acids is 1. The van der Waals surface area contributed by atoms with Crippen LogP contribution in [0.15, 0.2) is 0 Å². The highest BCUT2D eigenvalue weighted by Crippen LogP contribution is 2.28. The molecule has 3 heteroatoms. The normalized spacial score (nSPS) is 31.3. The highest BCUT2D eigenvalue weighted by Gasteiger charge is 2.24. The van der Waals surface area contributed by atoms with Gasteiger partial charge in [-0.3, -0.25) is 4.79 Å². The highest BCUT2D eigenvalue weighted by molar-refractivity contribution is 5.76. The van der Waals surface area contributed by atoms with Crippen LogP contribution in [0.5, 0.6) is 0 Å². The van der Waals surface area contributed by atoms with E-state index < -0.39 is 0 Å². The van der Waals surface area contributed by atoms with Gasteiger partial charge in [0, 0.05) is 19.0 Å². The first-order chi connectivity index (χ1) is 7.11. The Morgan fingerprint density at radius 2 is 1.80 bits per heavy atom. The molecule has 1 aliphatic carbocycles. The van der Waals surface area contributed by atoms with Crippen LogP contribution in [0.4, 0.5) is 0 Å². The Bertz CT molecular complexity index is 196. The van der Waals surface area contributed by atoms with Gasteiger partial charge in [-0.1, -0.05) is 13.8 Å². The van der Waals surface area contributed by atoms with Crippen molar-refractivity contribution in [1.29, 1.82) is 0 Å². The van der Waals surface area contributed by atoms with E-state index in [1.807, 2.05) is 7.05 Å². The van der Waals surface area contributed by atoms with Crippen LogP contribution in [0.25, 0.3) is 0 Å². The molecule has 88 valence electrons. The predicted molar refractivity (Wildman–Crippen MR) is 62.7 cm³/mol. The molecule has 1 amide bonds. The van der Waals surface area contributed by atoms with Gasteiger partial charge in [-0.05, 0) is 38.1 Å². The van der Waals surface area contributed by atoms with Crippen molar-refractivity contribution in [1.82, 2.24) is 10.6 Å². The summed E-state index contributed by atoms with van der Waals surface area (Å²) in [7, 11) is 1.87. The van der Waals surface area contributed by atoms with Crippen LogP contribution >= 0.6 is 0 Å². The molecule has 2 unspecified atom stereocenters. The van der Waals surface area contributed by atoms with Gasteiger partial charge in [0.05, 0.1) is 0 Å². The number of nitrogens with one attached hydrogen (secondary N) is 2. The van der Waals surface area contributed by atoms with Gasteiger partial charge in [0.2, 0.25) is 5.91 Å². The lowest BCUT2D eigenvalue weighted by atomic mass is 9.80. The third kappa shape index (κ3) is 4.65. The lowest BCUT2D eigenvalue weighted by Gasteiger charge is -2.31. The van der Waals surface area contributed by atoms with Crippen molar-refractivity contribution in [3.05, 3.63) is 0 Å². The fraction of sp³-hybridized carbons (Fsp3) is 0.917. The second-order valence-electron chi connectivity index (χ2n) is 5.04. The second kappa shape index (κ2) is 6.11. The van der Waals surface area contributed by atoms with Crippen molar-refractivity contribution in [2.75, 3.05) is 13.6 Å². The zero-order valence-corrected chi connectivity index (χ0v) is 10.2. The van der Waals surface area contributed by atoms with Crippen molar-refractivity contribution in [3.8, 4) is 0 Å². The van der Waals surface area contributed by atoms with E-state index in [9.17, 15) is 4.79 Å². The van der Waals surface area contributed by atoms with Gasteiger partial charge in [0.1, 0.15) is 0 Å². The summed E-state index contributed by atoms with van der Waals surface area (Å²) < 4.78 is 0. The van der Waals surface area contributed by atoms with E-state index in [4.69, 9.17) is 0 Å². The van der Waals surface area contributed by atoms with Gasteiger partial charge in [0.15, 0.2) is 0 Å². The van der Waals surface area contributed by atoms with Gasteiger partial charge in [-0.15, -0.1) is 0 Å². The summed E-state index contributed by atoms with van der Waals surface area (Å²) in [5.74, 6) is 1.70. The number of rotatable bonds is 4. The van der Waals surface area contributed by atoms with E-state index in [-0.39, 0.29) is 5.91 Å². The molecule has 0 aromatic heterocycles. The Hall–Kier alpha value is -0.570. The molecule has 3 nitrogen and oxygen atoms in total. The standard InChI is InChI=1S/C12H24N2O/c1-9-6-10(2)8-11(7-9)14-12(15)4-5-13-3/h9-11,13H,4-8H2,1-3H3,(H,14,15). The van der Waals surface area contributed by atoms with E-state index in [1.165, 1.54) is 6.42 Å². The summed E-state index contributed by atoms with van der Waals surface area (Å²) in [6.07, 6.45) is 4.20. The monoisotopic (exact) mass is 212 g/mol. The Labute approximate surface area is 93.0 Å². The lowest BCUT2D eigenvalue weighted by molar-refractivity contribution is -0.122. The van der Waals surface area contributed by atoms with E-state index in [0.717, 1.165) is 31.2 Å². The molecule has 1 aliphatic rings. The molecule has 0 aliphatic heterocycles. The van der Waals surface area contributed by atoms with Crippen molar-refractivity contribution in [2.24, 2.45) is 11.8 Å². The summed E-state index contributed by atoms with van der Waals surface area (Å²) >= 11 is 0. The Morgan fingerprint density at radius 3 is 2.33 bits per heavy atom. The van der Waals surface area contributed by atoms with Crippen LogP contribution in [0.2, 0.25) is 0 Å². The van der Waals surface area contributed by atoms with E-state index in [1.54, 1.807) is 0 Å². The zero-order chi connectivity index (χ0) is 11.3. The summed E-state index contributed by atoms with van der Waals surface area (Å²) in [6, 6.07) is 0.410. The summed E-state index contributed by atoms with van der Waals surface area (Å²) in [4.78, 5) is 11.5. The largest absolute Gasteiger partial charge is 0.353 e. The maximum atomic E-state index is 11.5. The number of hydrogen-bond acceptors (Lipinski definition) is 2. The van der Waals surface area contributed by atoms with Crippen molar-refractivity contribution in [2.45, 2.75) is 45.6 Å². The SMILES string of the molecule is CNCCC(=O)NC1CC(C)CC(C)C1. The number of hydrogen-bond donors (Lipinski definition) is 2.